The second-order valence-corrected chi connectivity index (χ2v) is 17.8. The molecule has 8 rings (SSSR count). The number of β-amino-alcohol motifs (C(OH)–C–C–N with tert-alkyl or cyclic N) is 1. The molecule has 2 aliphatic rings. The van der Waals surface area contributed by atoms with Crippen LogP contribution < -0.4 is 16.0 Å². The summed E-state index contributed by atoms with van der Waals surface area (Å²) in [6.07, 6.45) is 5.00. The summed E-state index contributed by atoms with van der Waals surface area (Å²) in [4.78, 5) is 68.3. The molecule has 4 N–H and O–H groups in total. The number of nitrogens with one attached hydrogen (secondary N) is 3. The van der Waals surface area contributed by atoms with Crippen molar-refractivity contribution in [1.29, 1.82) is 0 Å². The summed E-state index contributed by atoms with van der Waals surface area (Å²) in [7, 11) is 0. The van der Waals surface area contributed by atoms with Crippen molar-refractivity contribution < 1.29 is 28.7 Å². The summed E-state index contributed by atoms with van der Waals surface area (Å²) in [5, 5.41) is 28.2. The molecule has 17 heteroatoms. The Kier molecular flexibility index (Phi) is 12.2. The molecule has 16 nitrogen and oxygen atoms in total. The van der Waals surface area contributed by atoms with E-state index in [2.05, 4.69) is 36.1 Å². The first-order valence-corrected chi connectivity index (χ1v) is 21.6. The van der Waals surface area contributed by atoms with Crippen molar-refractivity contribution in [2.75, 3.05) is 25.0 Å². The van der Waals surface area contributed by atoms with E-state index < -0.39 is 35.4 Å². The molecule has 0 bridgehead atoms. The molecule has 322 valence electrons. The fraction of sp³-hybridized carbons (Fsp3) is 0.378. The van der Waals surface area contributed by atoms with Crippen molar-refractivity contribution in [1.82, 2.24) is 45.0 Å². The first-order valence-electron chi connectivity index (χ1n) is 20.7. The second-order valence-electron chi connectivity index (χ2n) is 17.0. The molecule has 0 saturated carbocycles. The third-order valence-corrected chi connectivity index (χ3v) is 12.6. The lowest BCUT2D eigenvalue weighted by Crippen LogP contribution is -2.58. The van der Waals surface area contributed by atoms with Gasteiger partial charge in [0.15, 0.2) is 5.65 Å². The van der Waals surface area contributed by atoms with Gasteiger partial charge in [0.25, 0.3) is 5.91 Å². The van der Waals surface area contributed by atoms with E-state index in [0.29, 0.717) is 49.6 Å². The van der Waals surface area contributed by atoms with Crippen LogP contribution in [0.1, 0.15) is 67.4 Å². The van der Waals surface area contributed by atoms with Gasteiger partial charge in [-0.15, -0.1) is 21.5 Å². The van der Waals surface area contributed by atoms with Gasteiger partial charge in [-0.3, -0.25) is 23.6 Å². The second kappa shape index (κ2) is 17.9. The Morgan fingerprint density at radius 1 is 0.952 bits per heavy atom. The fourth-order valence-corrected chi connectivity index (χ4v) is 8.90. The maximum Gasteiger partial charge on any atom is 0.253 e. The minimum Gasteiger partial charge on any atom is -0.467 e. The highest BCUT2D eigenvalue weighted by Gasteiger charge is 2.45. The number of rotatable bonds is 12. The Bertz CT molecular complexity index is 2540. The van der Waals surface area contributed by atoms with Crippen LogP contribution in [0.3, 0.4) is 0 Å². The molecule has 0 aliphatic carbocycles. The van der Waals surface area contributed by atoms with Gasteiger partial charge >= 0.3 is 0 Å². The number of hydrogen-bond donors (Lipinski definition) is 4. The molecule has 4 amide bonds. The van der Waals surface area contributed by atoms with Gasteiger partial charge in [-0.05, 0) is 66.1 Å². The number of aromatic nitrogens is 5. The highest BCUT2D eigenvalue weighted by Crippen LogP contribution is 2.30. The minimum atomic E-state index is -0.945. The van der Waals surface area contributed by atoms with Crippen LogP contribution in [-0.4, -0.2) is 101 Å². The number of hydrogen-bond acceptors (Lipinski definition) is 12. The summed E-state index contributed by atoms with van der Waals surface area (Å²) < 4.78 is 7.17. The number of fused-ring (bicyclic) bond motifs is 1. The third kappa shape index (κ3) is 9.09. The number of furan rings is 1. The smallest absolute Gasteiger partial charge is 0.253 e. The van der Waals surface area contributed by atoms with E-state index in [-0.39, 0.29) is 37.2 Å². The lowest BCUT2D eigenvalue weighted by Gasteiger charge is -2.37. The molecule has 0 spiro atoms. The number of aliphatic hydroxyl groups is 1. The van der Waals surface area contributed by atoms with Crippen LogP contribution in [0, 0.1) is 18.3 Å². The normalized spacial score (nSPS) is 17.6. The molecule has 2 aromatic carbocycles. The number of thiazole rings is 1. The topological polar surface area (TPSA) is 200 Å². The predicted octanol–water partition coefficient (Wildman–Crippen LogP) is 5.09. The molecule has 4 aromatic heterocycles. The first-order chi connectivity index (χ1) is 29.8. The molecule has 2 fully saturated rings. The molecular weight excluding hydrogens is 809 g/mol. The Hall–Kier alpha value is -6.46. The molecule has 62 heavy (non-hydrogen) atoms. The molecular formula is C45H50N10O6S. The predicted molar refractivity (Wildman–Crippen MR) is 233 cm³/mol. The quantitative estimate of drug-likeness (QED) is 0.128. The van der Waals surface area contributed by atoms with Crippen molar-refractivity contribution in [3.05, 3.63) is 108 Å². The number of carbonyl (C=O) groups is 4. The third-order valence-electron chi connectivity index (χ3n) is 11.6. The van der Waals surface area contributed by atoms with Gasteiger partial charge in [0, 0.05) is 55.8 Å². The van der Waals surface area contributed by atoms with Crippen molar-refractivity contribution >= 4 is 46.6 Å². The Balaban J connectivity index is 0.851. The average molecular weight is 859 g/mol. The molecule has 2 saturated heterocycles. The summed E-state index contributed by atoms with van der Waals surface area (Å²) in [6.45, 7) is 9.00. The van der Waals surface area contributed by atoms with Crippen LogP contribution in [0.5, 0.6) is 0 Å². The van der Waals surface area contributed by atoms with Crippen LogP contribution in [0.2, 0.25) is 0 Å². The molecule has 0 unspecified atom stereocenters. The van der Waals surface area contributed by atoms with Crippen LogP contribution in [0.25, 0.3) is 27.2 Å². The Morgan fingerprint density at radius 3 is 2.37 bits per heavy atom. The molecule has 6 aromatic rings. The number of aliphatic hydroxyl groups excluding tert-OH is 1. The summed E-state index contributed by atoms with van der Waals surface area (Å²) in [5.74, 6) is -0.280. The van der Waals surface area contributed by atoms with Gasteiger partial charge in [-0.2, -0.15) is 0 Å². The zero-order valence-electron chi connectivity index (χ0n) is 35.1. The lowest BCUT2D eigenvalue weighted by atomic mass is 9.84. The summed E-state index contributed by atoms with van der Waals surface area (Å²) >= 11 is 1.57. The SMILES string of the molecule is Cc1ncsc1-c1ccc(CNC(=O)[C@@H]2C[C@@H](O)CN2C(=O)[C@@H](NC(=O)C2CCN(C(=O)c3ccc(-c4cnc(NCc5ccco5)n5cnnc45)cc3)CC2)C(C)(C)C)cc1. The number of nitrogens with zero attached hydrogens (tertiary/aromatic N) is 7. The lowest BCUT2D eigenvalue weighted by molar-refractivity contribution is -0.144. The maximum atomic E-state index is 14.2. The number of aryl methyl sites for hydroxylation is 1. The van der Waals surface area contributed by atoms with Crippen LogP contribution in [-0.2, 0) is 27.5 Å². The Labute approximate surface area is 362 Å². The molecule has 3 atom stereocenters. The van der Waals surface area contributed by atoms with Gasteiger partial charge in [0.1, 0.15) is 24.2 Å². The van der Waals surface area contributed by atoms with Gasteiger partial charge in [0.05, 0.1) is 35.0 Å². The van der Waals surface area contributed by atoms with Gasteiger partial charge in [0.2, 0.25) is 23.7 Å². The maximum absolute atomic E-state index is 14.2. The number of piperidine rings is 1. The molecule has 0 radical (unpaired) electrons. The largest absolute Gasteiger partial charge is 0.467 e. The number of amides is 4. The first kappa shape index (κ1) is 42.2. The monoisotopic (exact) mass is 858 g/mol. The standard InChI is InChI=1S/C45H50N10O6S/c1-27-37(62-26-49-27)30-9-7-28(8-10-30)21-46-41(58)36-20-33(56)24-54(36)43(60)38(45(2,3)4)51-40(57)31-15-17-53(18-16-31)42(59)32-13-11-29(12-14-32)35-23-48-44(55-25-50-52-39(35)55)47-22-34-6-5-19-61-34/h5-14,19,23,25-26,31,33,36,38,56H,15-18,20-22,24H2,1-4H3,(H,46,58)(H,47,48)(H,51,57)/t33-,36+,38-/m1/s1. The van der Waals surface area contributed by atoms with E-state index in [1.54, 1.807) is 51.6 Å². The average Bonchev–Trinajstić information content (AvgIpc) is 4.12. The zero-order chi connectivity index (χ0) is 43.5. The number of benzene rings is 2. The highest BCUT2D eigenvalue weighted by molar-refractivity contribution is 7.13. The van der Waals surface area contributed by atoms with Crippen LogP contribution in [0.15, 0.2) is 89.4 Å². The number of carbonyl (C=O) groups excluding carboxylic acids is 4. The summed E-state index contributed by atoms with van der Waals surface area (Å²) in [5.41, 5.74) is 6.73. The van der Waals surface area contributed by atoms with Crippen molar-refractivity contribution in [2.45, 2.75) is 78.2 Å². The van der Waals surface area contributed by atoms with Gasteiger partial charge in [-0.25, -0.2) is 9.97 Å². The number of anilines is 1. The number of likely N-dealkylation sites (tertiary alicyclic amines) is 2. The van der Waals surface area contributed by atoms with E-state index in [1.165, 1.54) is 4.90 Å². The van der Waals surface area contributed by atoms with Crippen molar-refractivity contribution in [2.24, 2.45) is 11.3 Å². The van der Waals surface area contributed by atoms with Gasteiger partial charge < -0.3 is 35.3 Å². The van der Waals surface area contributed by atoms with Crippen LogP contribution in [0.4, 0.5) is 5.95 Å². The molecule has 2 aliphatic heterocycles. The molecule has 6 heterocycles. The van der Waals surface area contributed by atoms with E-state index in [0.717, 1.165) is 38.6 Å². The van der Waals surface area contributed by atoms with Crippen LogP contribution >= 0.6 is 11.3 Å². The van der Waals surface area contributed by atoms with Gasteiger partial charge in [-0.1, -0.05) is 57.2 Å². The van der Waals surface area contributed by atoms with E-state index >= 15 is 0 Å². The van der Waals surface area contributed by atoms with E-state index in [1.807, 2.05) is 81.7 Å². The highest BCUT2D eigenvalue weighted by atomic mass is 32.1. The van der Waals surface area contributed by atoms with Crippen molar-refractivity contribution in [3.8, 4) is 21.6 Å². The zero-order valence-corrected chi connectivity index (χ0v) is 35.9. The minimum absolute atomic E-state index is 0.0115. The fourth-order valence-electron chi connectivity index (χ4n) is 8.09. The Morgan fingerprint density at radius 2 is 1.69 bits per heavy atom. The van der Waals surface area contributed by atoms with Crippen molar-refractivity contribution in [3.63, 3.8) is 0 Å². The van der Waals surface area contributed by atoms with E-state index in [4.69, 9.17) is 4.42 Å². The van der Waals surface area contributed by atoms with E-state index in [9.17, 15) is 24.3 Å². The summed E-state index contributed by atoms with van der Waals surface area (Å²) in [6, 6.07) is 17.0.